The Kier molecular flexibility index (Phi) is 10.8. The van der Waals surface area contributed by atoms with Gasteiger partial charge in [0.1, 0.15) is 5.75 Å². The summed E-state index contributed by atoms with van der Waals surface area (Å²) in [6, 6.07) is 18.8. The first-order valence-corrected chi connectivity index (χ1v) is 16.5. The monoisotopic (exact) mass is 636 g/mol. The van der Waals surface area contributed by atoms with Gasteiger partial charge in [-0.3, -0.25) is 14.2 Å². The third-order valence-electron chi connectivity index (χ3n) is 7.09. The minimum Gasteiger partial charge on any atom is -0.497 e. The van der Waals surface area contributed by atoms with Crippen molar-refractivity contribution in [3.8, 4) is 11.4 Å². The summed E-state index contributed by atoms with van der Waals surface area (Å²) in [5, 5.41) is 14.9. The fourth-order valence-corrected chi connectivity index (χ4v) is 6.70. The lowest BCUT2D eigenvalue weighted by Crippen LogP contribution is -2.30. The summed E-state index contributed by atoms with van der Waals surface area (Å²) < 4.78 is 34.0. The molecular weight excluding hydrogens is 601 g/mol. The zero-order chi connectivity index (χ0) is 31.9. The molecule has 0 aliphatic heterocycles. The number of sulfonamides is 1. The molecule has 0 saturated carbocycles. The molecule has 1 aromatic heterocycles. The molecule has 0 saturated heterocycles. The summed E-state index contributed by atoms with van der Waals surface area (Å²) in [5.41, 5.74) is 3.87. The largest absolute Gasteiger partial charge is 0.497 e. The van der Waals surface area contributed by atoms with E-state index in [2.05, 4.69) is 20.8 Å². The van der Waals surface area contributed by atoms with Gasteiger partial charge in [0.25, 0.3) is 5.91 Å². The second-order valence-corrected chi connectivity index (χ2v) is 12.7. The van der Waals surface area contributed by atoms with Crippen LogP contribution in [0.15, 0.2) is 76.8 Å². The molecular formula is C31H36N6O5S2. The van der Waals surface area contributed by atoms with Gasteiger partial charge >= 0.3 is 0 Å². The number of amides is 2. The van der Waals surface area contributed by atoms with E-state index in [1.54, 1.807) is 45.2 Å². The third-order valence-corrected chi connectivity index (χ3v) is 10.1. The number of anilines is 1. The van der Waals surface area contributed by atoms with Crippen LogP contribution in [-0.4, -0.2) is 65.3 Å². The number of aromatic nitrogens is 3. The average Bonchev–Trinajstić information content (AvgIpc) is 3.43. The molecule has 2 amide bonds. The molecule has 0 spiro atoms. The van der Waals surface area contributed by atoms with Crippen LogP contribution in [0.25, 0.3) is 5.69 Å². The van der Waals surface area contributed by atoms with Gasteiger partial charge in [-0.1, -0.05) is 37.7 Å². The van der Waals surface area contributed by atoms with Gasteiger partial charge in [-0.2, -0.15) is 4.31 Å². The highest BCUT2D eigenvalue weighted by Gasteiger charge is 2.22. The van der Waals surface area contributed by atoms with Gasteiger partial charge in [0.15, 0.2) is 11.0 Å². The Morgan fingerprint density at radius 1 is 0.955 bits per heavy atom. The van der Waals surface area contributed by atoms with Crippen molar-refractivity contribution in [2.24, 2.45) is 0 Å². The number of ether oxygens (including phenoxy) is 1. The van der Waals surface area contributed by atoms with Crippen LogP contribution >= 0.6 is 11.8 Å². The molecule has 0 bridgehead atoms. The van der Waals surface area contributed by atoms with E-state index >= 15 is 0 Å². The maximum absolute atomic E-state index is 13.0. The highest BCUT2D eigenvalue weighted by molar-refractivity contribution is 7.99. The van der Waals surface area contributed by atoms with E-state index in [9.17, 15) is 18.0 Å². The summed E-state index contributed by atoms with van der Waals surface area (Å²) in [6.45, 7) is 8.32. The summed E-state index contributed by atoms with van der Waals surface area (Å²) in [6.07, 6.45) is 0. The van der Waals surface area contributed by atoms with Crippen molar-refractivity contribution in [1.29, 1.82) is 0 Å². The molecule has 4 rings (SSSR count). The number of carbonyl (C=O) groups is 2. The molecule has 3 aromatic carbocycles. The van der Waals surface area contributed by atoms with Crippen molar-refractivity contribution in [1.82, 2.24) is 24.4 Å². The molecule has 0 atom stereocenters. The van der Waals surface area contributed by atoms with Crippen LogP contribution in [0.1, 0.15) is 41.2 Å². The molecule has 1 heterocycles. The highest BCUT2D eigenvalue weighted by Crippen LogP contribution is 2.26. The standard InChI is InChI=1S/C31H36N6O5S2/c1-6-36(7-2)44(40,41)26-17-11-23(12-18-26)30(39)32-19-28-34-35-31(37(28)27-10-8-9-21(3)22(27)4)43-20-29(38)33-24-13-15-25(42-5)16-14-24/h8-18H,6-7,19-20H2,1-5H3,(H,32,39)(H,33,38). The third kappa shape index (κ3) is 7.47. The van der Waals surface area contributed by atoms with Gasteiger partial charge in [-0.15, -0.1) is 10.2 Å². The summed E-state index contributed by atoms with van der Waals surface area (Å²) in [7, 11) is -2.05. The summed E-state index contributed by atoms with van der Waals surface area (Å²) in [5.74, 6) is 0.659. The van der Waals surface area contributed by atoms with E-state index in [-0.39, 0.29) is 29.0 Å². The van der Waals surface area contributed by atoms with E-state index in [1.165, 1.54) is 40.3 Å². The summed E-state index contributed by atoms with van der Waals surface area (Å²) >= 11 is 1.23. The molecule has 13 heteroatoms. The molecule has 4 aromatic rings. The molecule has 0 aliphatic carbocycles. The van der Waals surface area contributed by atoms with Crippen molar-refractivity contribution < 1.29 is 22.7 Å². The Balaban J connectivity index is 1.50. The Hall–Kier alpha value is -4.20. The van der Waals surface area contributed by atoms with Crippen LogP contribution in [0.3, 0.4) is 0 Å². The number of nitrogens with zero attached hydrogens (tertiary/aromatic N) is 4. The SMILES string of the molecule is CCN(CC)S(=O)(=O)c1ccc(C(=O)NCc2nnc(SCC(=O)Nc3ccc(OC)cc3)n2-c2cccc(C)c2C)cc1. The number of aryl methyl sites for hydroxylation is 1. The molecule has 0 unspecified atom stereocenters. The zero-order valence-corrected chi connectivity index (χ0v) is 27.0. The van der Waals surface area contributed by atoms with Crippen LogP contribution < -0.4 is 15.4 Å². The second-order valence-electron chi connectivity index (χ2n) is 9.81. The van der Waals surface area contributed by atoms with Crippen molar-refractivity contribution in [2.45, 2.75) is 44.3 Å². The van der Waals surface area contributed by atoms with Gasteiger partial charge in [0.05, 0.1) is 30.0 Å². The Morgan fingerprint density at radius 3 is 2.27 bits per heavy atom. The predicted molar refractivity (Wildman–Crippen MR) is 171 cm³/mol. The molecule has 2 N–H and O–H groups in total. The minimum atomic E-state index is -3.63. The minimum absolute atomic E-state index is 0.0529. The first kappa shape index (κ1) is 32.7. The highest BCUT2D eigenvalue weighted by atomic mass is 32.2. The predicted octanol–water partition coefficient (Wildman–Crippen LogP) is 4.58. The second kappa shape index (κ2) is 14.5. The molecule has 0 aliphatic rings. The van der Waals surface area contributed by atoms with Gasteiger partial charge in [-0.25, -0.2) is 8.42 Å². The van der Waals surface area contributed by atoms with E-state index < -0.39 is 10.0 Å². The van der Waals surface area contributed by atoms with Crippen LogP contribution in [0.2, 0.25) is 0 Å². The number of rotatable bonds is 13. The number of thioether (sulfide) groups is 1. The first-order chi connectivity index (χ1) is 21.1. The first-order valence-electron chi connectivity index (χ1n) is 14.0. The number of methoxy groups -OCH3 is 1. The van der Waals surface area contributed by atoms with E-state index in [0.29, 0.717) is 41.1 Å². The number of hydrogen-bond acceptors (Lipinski definition) is 8. The van der Waals surface area contributed by atoms with Crippen LogP contribution in [0.4, 0.5) is 5.69 Å². The normalized spacial score (nSPS) is 11.4. The average molecular weight is 637 g/mol. The van der Waals surface area contributed by atoms with E-state index in [1.807, 2.05) is 36.6 Å². The lowest BCUT2D eigenvalue weighted by molar-refractivity contribution is -0.113. The molecule has 232 valence electrons. The maximum Gasteiger partial charge on any atom is 0.251 e. The smallest absolute Gasteiger partial charge is 0.251 e. The van der Waals surface area contributed by atoms with Gasteiger partial charge in [0, 0.05) is 24.3 Å². The molecule has 0 radical (unpaired) electrons. The van der Waals surface area contributed by atoms with Crippen LogP contribution in [0.5, 0.6) is 5.75 Å². The zero-order valence-electron chi connectivity index (χ0n) is 25.3. The molecule has 11 nitrogen and oxygen atoms in total. The fourth-order valence-electron chi connectivity index (χ4n) is 4.48. The lowest BCUT2D eigenvalue weighted by atomic mass is 10.1. The maximum atomic E-state index is 13.0. The molecule has 44 heavy (non-hydrogen) atoms. The Bertz CT molecular complexity index is 1720. The van der Waals surface area contributed by atoms with E-state index in [0.717, 1.165) is 16.8 Å². The summed E-state index contributed by atoms with van der Waals surface area (Å²) in [4.78, 5) is 25.9. The lowest BCUT2D eigenvalue weighted by Gasteiger charge is -2.18. The van der Waals surface area contributed by atoms with Crippen LogP contribution in [-0.2, 0) is 21.4 Å². The Morgan fingerprint density at radius 2 is 1.64 bits per heavy atom. The van der Waals surface area contributed by atoms with Crippen molar-refractivity contribution in [3.63, 3.8) is 0 Å². The Labute approximate surface area is 262 Å². The number of nitrogens with one attached hydrogen (secondary N) is 2. The van der Waals surface area contributed by atoms with E-state index in [4.69, 9.17) is 4.74 Å². The van der Waals surface area contributed by atoms with Crippen molar-refractivity contribution in [3.05, 3.63) is 89.2 Å². The van der Waals surface area contributed by atoms with Gasteiger partial charge < -0.3 is 15.4 Å². The fraction of sp³-hybridized carbons (Fsp3) is 0.290. The molecule has 0 fully saturated rings. The van der Waals surface area contributed by atoms with Crippen molar-refractivity contribution >= 4 is 39.3 Å². The topological polar surface area (TPSA) is 136 Å². The van der Waals surface area contributed by atoms with Gasteiger partial charge in [-0.05, 0) is 79.6 Å². The number of hydrogen-bond donors (Lipinski definition) is 2. The number of benzene rings is 3. The van der Waals surface area contributed by atoms with Gasteiger partial charge in [0.2, 0.25) is 15.9 Å². The van der Waals surface area contributed by atoms with Crippen LogP contribution in [0, 0.1) is 13.8 Å². The van der Waals surface area contributed by atoms with Crippen molar-refractivity contribution in [2.75, 3.05) is 31.3 Å². The quantitative estimate of drug-likeness (QED) is 0.204. The number of carbonyl (C=O) groups excluding carboxylic acids is 2.